The smallest absolute Gasteiger partial charge is 0.237 e. The molecule has 1 aliphatic carbocycles. The molecular weight excluding hydrogens is 228 g/mol. The molecule has 1 saturated heterocycles. The molecule has 2 unspecified atom stereocenters. The number of hydrogen-bond donors (Lipinski definition) is 3. The number of carbonyl (C=O) groups excluding carboxylic acids is 1. The Kier molecular flexibility index (Phi) is 4.62. The predicted molar refractivity (Wildman–Crippen MR) is 71.2 cm³/mol. The van der Waals surface area contributed by atoms with E-state index in [1.165, 1.54) is 12.8 Å². The van der Waals surface area contributed by atoms with Crippen molar-refractivity contribution in [1.29, 1.82) is 0 Å². The molecule has 0 radical (unpaired) electrons. The van der Waals surface area contributed by atoms with Crippen LogP contribution in [0, 0.1) is 11.3 Å². The topological polar surface area (TPSA) is 61.4 Å². The number of aliphatic hydroxyl groups is 1. The second kappa shape index (κ2) is 6.02. The van der Waals surface area contributed by atoms with Crippen LogP contribution >= 0.6 is 0 Å². The first-order chi connectivity index (χ1) is 8.67. The molecule has 1 saturated carbocycles. The minimum Gasteiger partial charge on any atom is -0.396 e. The second-order valence-electron chi connectivity index (χ2n) is 6.13. The number of aliphatic hydroxyl groups excluding tert-OH is 1. The van der Waals surface area contributed by atoms with E-state index in [1.807, 2.05) is 0 Å². The van der Waals surface area contributed by atoms with Gasteiger partial charge in [-0.15, -0.1) is 0 Å². The molecule has 2 fully saturated rings. The summed E-state index contributed by atoms with van der Waals surface area (Å²) in [5.74, 6) is 0.523. The summed E-state index contributed by atoms with van der Waals surface area (Å²) in [7, 11) is 0. The molecule has 4 nitrogen and oxygen atoms in total. The zero-order valence-corrected chi connectivity index (χ0v) is 11.4. The van der Waals surface area contributed by atoms with E-state index in [-0.39, 0.29) is 24.0 Å². The van der Waals surface area contributed by atoms with Crippen LogP contribution in [0.1, 0.15) is 45.4 Å². The lowest BCUT2D eigenvalue weighted by Crippen LogP contribution is -2.52. The van der Waals surface area contributed by atoms with Crippen LogP contribution in [0.4, 0.5) is 0 Å². The standard InChI is InChI=1S/C14H26N2O2/c1-11-5-4-8-15-12(11)13(18)16-9-14(10-17)6-2-3-7-14/h11-12,15,17H,2-10H2,1H3,(H,16,18). The Morgan fingerprint density at radius 1 is 1.39 bits per heavy atom. The molecule has 1 heterocycles. The SMILES string of the molecule is CC1CCCNC1C(=O)NCC1(CO)CCCC1. The molecule has 2 atom stereocenters. The molecule has 0 aromatic heterocycles. The van der Waals surface area contributed by atoms with Crippen LogP contribution in [-0.2, 0) is 4.79 Å². The molecule has 104 valence electrons. The van der Waals surface area contributed by atoms with Gasteiger partial charge in [-0.25, -0.2) is 0 Å². The molecule has 0 spiro atoms. The van der Waals surface area contributed by atoms with Crippen molar-refractivity contribution in [2.45, 2.75) is 51.5 Å². The van der Waals surface area contributed by atoms with Gasteiger partial charge in [-0.1, -0.05) is 19.8 Å². The van der Waals surface area contributed by atoms with Gasteiger partial charge in [0.2, 0.25) is 5.91 Å². The Balaban J connectivity index is 1.83. The maximum atomic E-state index is 12.2. The van der Waals surface area contributed by atoms with Gasteiger partial charge in [-0.3, -0.25) is 4.79 Å². The minimum atomic E-state index is -0.0481. The van der Waals surface area contributed by atoms with Gasteiger partial charge in [0.25, 0.3) is 0 Å². The van der Waals surface area contributed by atoms with Crippen LogP contribution in [0.2, 0.25) is 0 Å². The molecular formula is C14H26N2O2. The number of hydrogen-bond acceptors (Lipinski definition) is 3. The highest BCUT2D eigenvalue weighted by Crippen LogP contribution is 2.36. The van der Waals surface area contributed by atoms with E-state index in [0.29, 0.717) is 12.5 Å². The lowest BCUT2D eigenvalue weighted by Gasteiger charge is -2.31. The summed E-state index contributed by atoms with van der Waals surface area (Å²) in [4.78, 5) is 12.2. The van der Waals surface area contributed by atoms with Crippen LogP contribution in [0.5, 0.6) is 0 Å². The number of carbonyl (C=O) groups is 1. The van der Waals surface area contributed by atoms with Crippen molar-refractivity contribution < 1.29 is 9.90 Å². The summed E-state index contributed by atoms with van der Waals surface area (Å²) in [6.07, 6.45) is 6.71. The van der Waals surface area contributed by atoms with E-state index in [0.717, 1.165) is 32.2 Å². The average molecular weight is 254 g/mol. The lowest BCUT2D eigenvalue weighted by molar-refractivity contribution is -0.125. The average Bonchev–Trinajstić information content (AvgIpc) is 2.86. The number of nitrogens with one attached hydrogen (secondary N) is 2. The Hall–Kier alpha value is -0.610. The third-order valence-electron chi connectivity index (χ3n) is 4.69. The highest BCUT2D eigenvalue weighted by atomic mass is 16.3. The van der Waals surface area contributed by atoms with E-state index in [4.69, 9.17) is 0 Å². The van der Waals surface area contributed by atoms with Gasteiger partial charge in [0.1, 0.15) is 0 Å². The fourth-order valence-corrected chi connectivity index (χ4v) is 3.30. The van der Waals surface area contributed by atoms with Crippen molar-refractivity contribution in [3.8, 4) is 0 Å². The normalized spacial score (nSPS) is 31.2. The maximum Gasteiger partial charge on any atom is 0.237 e. The first-order valence-corrected chi connectivity index (χ1v) is 7.29. The van der Waals surface area contributed by atoms with Gasteiger partial charge in [0, 0.05) is 12.0 Å². The molecule has 4 heteroatoms. The summed E-state index contributed by atoms with van der Waals surface area (Å²) in [6.45, 7) is 3.90. The highest BCUT2D eigenvalue weighted by Gasteiger charge is 2.35. The Morgan fingerprint density at radius 3 is 2.72 bits per heavy atom. The lowest BCUT2D eigenvalue weighted by atomic mass is 9.86. The van der Waals surface area contributed by atoms with Crippen molar-refractivity contribution in [3.05, 3.63) is 0 Å². The van der Waals surface area contributed by atoms with Crippen molar-refractivity contribution in [2.75, 3.05) is 19.7 Å². The number of piperidine rings is 1. The summed E-state index contributed by atoms with van der Waals surface area (Å²) in [6, 6.07) is -0.0455. The van der Waals surface area contributed by atoms with E-state index < -0.39 is 0 Å². The monoisotopic (exact) mass is 254 g/mol. The first kappa shape index (κ1) is 13.8. The zero-order valence-electron chi connectivity index (χ0n) is 11.4. The van der Waals surface area contributed by atoms with Crippen LogP contribution in [0.25, 0.3) is 0 Å². The van der Waals surface area contributed by atoms with Crippen LogP contribution in [0.15, 0.2) is 0 Å². The van der Waals surface area contributed by atoms with Gasteiger partial charge in [0.15, 0.2) is 0 Å². The first-order valence-electron chi connectivity index (χ1n) is 7.29. The van der Waals surface area contributed by atoms with Crippen LogP contribution < -0.4 is 10.6 Å². The molecule has 3 N–H and O–H groups in total. The molecule has 0 aromatic rings. The van der Waals surface area contributed by atoms with Crippen LogP contribution in [0.3, 0.4) is 0 Å². The predicted octanol–water partition coefficient (Wildman–Crippen LogP) is 1.04. The van der Waals surface area contributed by atoms with E-state index >= 15 is 0 Å². The van der Waals surface area contributed by atoms with Gasteiger partial charge in [-0.2, -0.15) is 0 Å². The second-order valence-corrected chi connectivity index (χ2v) is 6.13. The highest BCUT2D eigenvalue weighted by molar-refractivity contribution is 5.82. The van der Waals surface area contributed by atoms with Gasteiger partial charge in [0.05, 0.1) is 12.6 Å². The maximum absolute atomic E-state index is 12.2. The third kappa shape index (κ3) is 3.04. The van der Waals surface area contributed by atoms with E-state index in [9.17, 15) is 9.90 Å². The van der Waals surface area contributed by atoms with Gasteiger partial charge >= 0.3 is 0 Å². The zero-order chi connectivity index (χ0) is 13.0. The fraction of sp³-hybridized carbons (Fsp3) is 0.929. The van der Waals surface area contributed by atoms with E-state index in [2.05, 4.69) is 17.6 Å². The van der Waals surface area contributed by atoms with Gasteiger partial charge in [-0.05, 0) is 38.1 Å². The van der Waals surface area contributed by atoms with Crippen molar-refractivity contribution in [3.63, 3.8) is 0 Å². The molecule has 0 aromatic carbocycles. The molecule has 2 rings (SSSR count). The Bertz CT molecular complexity index is 288. The third-order valence-corrected chi connectivity index (χ3v) is 4.69. The van der Waals surface area contributed by atoms with Gasteiger partial charge < -0.3 is 15.7 Å². The van der Waals surface area contributed by atoms with Crippen molar-refractivity contribution >= 4 is 5.91 Å². The van der Waals surface area contributed by atoms with Crippen molar-refractivity contribution in [1.82, 2.24) is 10.6 Å². The summed E-state index contributed by atoms with van der Waals surface area (Å²) in [5, 5.41) is 15.9. The Morgan fingerprint density at radius 2 is 2.11 bits per heavy atom. The molecule has 1 aliphatic heterocycles. The molecule has 2 aliphatic rings. The molecule has 0 bridgehead atoms. The summed E-state index contributed by atoms with van der Waals surface area (Å²) >= 11 is 0. The van der Waals surface area contributed by atoms with Crippen LogP contribution in [-0.4, -0.2) is 36.8 Å². The molecule has 1 amide bonds. The summed E-state index contributed by atoms with van der Waals surface area (Å²) < 4.78 is 0. The van der Waals surface area contributed by atoms with Crippen molar-refractivity contribution in [2.24, 2.45) is 11.3 Å². The number of rotatable bonds is 4. The quantitative estimate of drug-likeness (QED) is 0.702. The minimum absolute atomic E-state index is 0.0455. The molecule has 18 heavy (non-hydrogen) atoms. The van der Waals surface area contributed by atoms with E-state index in [1.54, 1.807) is 0 Å². The Labute approximate surface area is 110 Å². The largest absolute Gasteiger partial charge is 0.396 e. The fourth-order valence-electron chi connectivity index (χ4n) is 3.30. The summed E-state index contributed by atoms with van der Waals surface area (Å²) in [5.41, 5.74) is -0.0481. The number of amides is 1.